The van der Waals surface area contributed by atoms with E-state index in [1.54, 1.807) is 6.92 Å². The van der Waals surface area contributed by atoms with Gasteiger partial charge in [-0.1, -0.05) is 62.2 Å². The van der Waals surface area contributed by atoms with Crippen LogP contribution in [-0.4, -0.2) is 193 Å². The predicted octanol–water partition coefficient (Wildman–Crippen LogP) is 7.96. The molecule has 6 fully saturated rings. The molecule has 0 radical (unpaired) electrons. The molecule has 18 atom stereocenters. The largest absolute Gasteiger partial charge is 0.508 e. The van der Waals surface area contributed by atoms with Gasteiger partial charge in [0.25, 0.3) is 5.91 Å². The minimum absolute atomic E-state index is 0.0553. The summed E-state index contributed by atoms with van der Waals surface area (Å²) < 4.78 is 50.0. The molecule has 664 valence electrons. The van der Waals surface area contributed by atoms with E-state index in [4.69, 9.17) is 66.8 Å². The summed E-state index contributed by atoms with van der Waals surface area (Å²) >= 11 is 14.6. The van der Waals surface area contributed by atoms with Crippen molar-refractivity contribution in [2.75, 3.05) is 26.9 Å². The number of imide groups is 1. The van der Waals surface area contributed by atoms with Crippen LogP contribution in [0.5, 0.6) is 51.7 Å². The molecule has 15 bridgehead atoms. The summed E-state index contributed by atoms with van der Waals surface area (Å²) in [6.45, 7) is 7.96. The van der Waals surface area contributed by atoms with Gasteiger partial charge in [0.1, 0.15) is 95.8 Å². The number of aliphatic hydroxyl groups is 6. The lowest BCUT2D eigenvalue weighted by molar-refractivity contribution is -0.333. The second-order valence-electron chi connectivity index (χ2n) is 34.8. The van der Waals surface area contributed by atoms with Gasteiger partial charge in [0.05, 0.1) is 47.3 Å². The first-order chi connectivity index (χ1) is 59.0. The van der Waals surface area contributed by atoms with E-state index in [0.717, 1.165) is 68.5 Å². The highest BCUT2D eigenvalue weighted by Crippen LogP contribution is 2.59. The van der Waals surface area contributed by atoms with Crippen LogP contribution >= 0.6 is 23.2 Å². The predicted molar refractivity (Wildman–Crippen MR) is 443 cm³/mol. The van der Waals surface area contributed by atoms with E-state index in [0.29, 0.717) is 24.0 Å². The van der Waals surface area contributed by atoms with Crippen LogP contribution < -0.4 is 51.3 Å². The quantitative estimate of drug-likeness (QED) is 0.0322. The molecular formula is C90H104Cl2N6O26. The monoisotopic (exact) mass is 1750 g/mol. The third kappa shape index (κ3) is 19.4. The Balaban J connectivity index is 0.963. The third-order valence-corrected chi connectivity index (χ3v) is 26.0. The molecule has 4 aliphatic carbocycles. The van der Waals surface area contributed by atoms with Gasteiger partial charge in [-0.05, 0) is 201 Å². The van der Waals surface area contributed by atoms with Gasteiger partial charge in [-0.15, -0.1) is 0 Å². The highest BCUT2D eigenvalue weighted by molar-refractivity contribution is 6.32. The van der Waals surface area contributed by atoms with E-state index in [1.165, 1.54) is 87.7 Å². The molecule has 124 heavy (non-hydrogen) atoms. The average molecular weight is 1760 g/mol. The third-order valence-electron chi connectivity index (χ3n) is 25.5. The maximum atomic E-state index is 16.8. The number of phenols is 3. The molecule has 6 aromatic rings. The molecule has 11 aliphatic rings. The van der Waals surface area contributed by atoms with Gasteiger partial charge < -0.3 is 111 Å². The van der Waals surface area contributed by atoms with Gasteiger partial charge in [0.2, 0.25) is 41.6 Å². The molecule has 6 amide bonds. The van der Waals surface area contributed by atoms with E-state index in [1.807, 2.05) is 13.8 Å². The molecule has 7 aliphatic heterocycles. The number of amides is 6. The number of Topliss-reactive ketones (excluding diaryl/α,β-unsaturated/α-hetero) is 3. The number of aromatic hydroxyl groups is 3. The number of halogens is 2. The molecule has 0 unspecified atom stereocenters. The number of methoxy groups -OCH3 is 1. The standard InChI is InChI=1S/C90H104Cl2N6O26/c1-7-43(20-39(2)3)84(112)97-75-62(103)29-51(32-70(106)94-85(113)44-8-13-53(14-9-44)118-19-18-117-6)86(114)95-73-50-30-67(120-65-16-11-46(77(75)107)27-58(65)91)81(124-89-82(80(110)79(109)69(38-99)122-89)123-71-37-90(5,93)83(111)40(4)119-71)68(31-50)121-66-17-12-47(28-59(66)92)78(108)76-88(116)96-74(64(105)35-54-48-22-41-21-42(24-48)25-49(54)23-41)57-33-52(100)34-61(102)72(57)56-26-45(10-15-60(56)101)55(36-63(73)104)87(115)98-76/h8-17,26-28,30-31,33-34,39-43,48-49,51,54-55,69,71,73-80,82-83,89,99-102,107-111H,7,18-25,29,32,35-38,93H2,1-6H3,(H,95,114)(H,96,116)(H,97,112)(H,98,115)(H,94,106,113)/t40-,41?,42?,43+,48?,49?,51-,54?,55+,69+,71-,73+,74-,75-,76-,77+,78+,79+,80-,82+,83+,89-,90-/m0/s1. The number of nitrogens with two attached hydrogens (primary N) is 1. The number of ether oxygens (including phenoxy) is 8. The Morgan fingerprint density at radius 2 is 1.33 bits per heavy atom. The maximum Gasteiger partial charge on any atom is 0.257 e. The van der Waals surface area contributed by atoms with Crippen molar-refractivity contribution >= 4 is 76.0 Å². The molecule has 6 aromatic carbocycles. The molecule has 4 saturated carbocycles. The van der Waals surface area contributed by atoms with Gasteiger partial charge in [0, 0.05) is 73.4 Å². The zero-order chi connectivity index (χ0) is 88.8. The molecule has 7 heterocycles. The number of carbonyl (C=O) groups excluding carboxylic acids is 9. The Bertz CT molecular complexity index is 5040. The highest BCUT2D eigenvalue weighted by Gasteiger charge is 2.53. The first-order valence-electron chi connectivity index (χ1n) is 41.9. The van der Waals surface area contributed by atoms with Gasteiger partial charge in [-0.3, -0.25) is 48.5 Å². The van der Waals surface area contributed by atoms with Crippen LogP contribution in [0.15, 0.2) is 103 Å². The number of ketones is 3. The Labute approximate surface area is 724 Å². The Kier molecular flexibility index (Phi) is 27.5. The zero-order valence-electron chi connectivity index (χ0n) is 69.0. The van der Waals surface area contributed by atoms with E-state index < -0.39 is 228 Å². The fourth-order valence-electron chi connectivity index (χ4n) is 19.2. The van der Waals surface area contributed by atoms with Crippen LogP contribution in [0.4, 0.5) is 0 Å². The van der Waals surface area contributed by atoms with E-state index >= 15 is 28.8 Å². The average Bonchev–Trinajstić information content (AvgIpc) is 0.757. The smallest absolute Gasteiger partial charge is 0.257 e. The van der Waals surface area contributed by atoms with Gasteiger partial charge in [0.15, 0.2) is 41.2 Å². The minimum atomic E-state index is -2.26. The second kappa shape index (κ2) is 37.7. The number of benzene rings is 6. The summed E-state index contributed by atoms with van der Waals surface area (Å²) in [7, 11) is 1.48. The summed E-state index contributed by atoms with van der Waals surface area (Å²) in [6.07, 6.45) is -15.7. The molecule has 32 nitrogen and oxygen atoms in total. The molecular weight excluding hydrogens is 1650 g/mol. The molecule has 0 aromatic heterocycles. The lowest BCUT2D eigenvalue weighted by atomic mass is 9.51. The number of carbonyl (C=O) groups is 9. The molecule has 34 heteroatoms. The number of rotatable bonds is 20. The van der Waals surface area contributed by atoms with E-state index in [-0.39, 0.29) is 117 Å². The van der Waals surface area contributed by atoms with Gasteiger partial charge in [-0.25, -0.2) is 0 Å². The van der Waals surface area contributed by atoms with Crippen LogP contribution in [0.2, 0.25) is 10.0 Å². The van der Waals surface area contributed by atoms with Gasteiger partial charge >= 0.3 is 0 Å². The minimum Gasteiger partial charge on any atom is -0.508 e. The molecule has 2 saturated heterocycles. The van der Waals surface area contributed by atoms with E-state index in [9.17, 15) is 60.3 Å². The van der Waals surface area contributed by atoms with E-state index in [2.05, 4.69) is 26.6 Å². The number of nitrogens with one attached hydrogen (secondary N) is 5. The van der Waals surface area contributed by atoms with Crippen molar-refractivity contribution in [2.24, 2.45) is 53.1 Å². The summed E-state index contributed by atoms with van der Waals surface area (Å²) in [5.74, 6) is -17.0. The van der Waals surface area contributed by atoms with Crippen molar-refractivity contribution in [1.29, 1.82) is 0 Å². The molecule has 16 N–H and O–H groups in total. The normalized spacial score (nSPS) is 30.6. The lowest BCUT2D eigenvalue weighted by Gasteiger charge is -2.54. The van der Waals surface area contributed by atoms with Crippen molar-refractivity contribution in [2.45, 2.75) is 209 Å². The first kappa shape index (κ1) is 90.3. The van der Waals surface area contributed by atoms with Crippen molar-refractivity contribution in [1.82, 2.24) is 26.6 Å². The number of hydrogen-bond donors (Lipinski definition) is 15. The van der Waals surface area contributed by atoms with Crippen LogP contribution in [-0.2, 0) is 57.3 Å². The second-order valence-corrected chi connectivity index (χ2v) is 35.6. The zero-order valence-corrected chi connectivity index (χ0v) is 70.5. The number of phenolic OH excluding ortho intramolecular Hbond substituents is 3. The van der Waals surface area contributed by atoms with Crippen molar-refractivity contribution < 1.29 is 127 Å². The Morgan fingerprint density at radius 1 is 0.685 bits per heavy atom. The lowest BCUT2D eigenvalue weighted by Crippen LogP contribution is -2.64. The fourth-order valence-corrected chi connectivity index (χ4v) is 19.6. The summed E-state index contributed by atoms with van der Waals surface area (Å²) in [5, 5.41) is 120. The van der Waals surface area contributed by atoms with Crippen LogP contribution in [0.25, 0.3) is 11.1 Å². The van der Waals surface area contributed by atoms with Crippen molar-refractivity contribution in [3.8, 4) is 62.9 Å². The fraction of sp³-hybridized carbons (Fsp3) is 0.500. The van der Waals surface area contributed by atoms with Crippen LogP contribution in [0, 0.1) is 47.3 Å². The van der Waals surface area contributed by atoms with Gasteiger partial charge in [-0.2, -0.15) is 0 Å². The summed E-state index contributed by atoms with van der Waals surface area (Å²) in [4.78, 5) is 140. The maximum absolute atomic E-state index is 16.8. The SMILES string of the molecule is CC[C@H](CC(C)C)C(=O)N[C@H]1C(=O)C[C@@H](CC(=O)NC(=O)c2ccc(OCCOC)cc2)C(=O)N[C@H]2C(=O)C[C@H]3C(=O)N[C@H](C(=O)N[C@H](C(=O)CC4C5CC6CC(C5)CC4C6)c4cc(O)cc(O)c4-c4cc3ccc4O)[C@H](O)c3ccc(c(Cl)c3)Oc3cc2cc(c3O[C@@H]2O[C@H](CO)[C@@H](O)[C@H](O)[C@H]2O[C@H]2C[C@](C)(N)[C@H](O)[C@H](C)O2)Oc2ccc(cc2Cl)[C@H]1O. The Hall–Kier alpha value is -9.91. The number of fused-ring (bicyclic) bond motifs is 15. The Morgan fingerprint density at radius 3 is 1.94 bits per heavy atom. The summed E-state index contributed by atoms with van der Waals surface area (Å²) in [6, 6.07) is 12.7. The van der Waals surface area contributed by atoms with Crippen LogP contribution in [0.3, 0.4) is 0 Å². The molecule has 17 rings (SSSR count). The first-order valence-corrected chi connectivity index (χ1v) is 42.6. The van der Waals surface area contributed by atoms with Crippen molar-refractivity contribution in [3.05, 3.63) is 147 Å². The topological polar surface area (TPSA) is 496 Å². The summed E-state index contributed by atoms with van der Waals surface area (Å²) in [5.41, 5.74) is 3.45. The molecule has 0 spiro atoms. The number of aliphatic hydroxyl groups excluding tert-OH is 6. The highest BCUT2D eigenvalue weighted by atomic mass is 35.5. The number of hydrogen-bond acceptors (Lipinski definition) is 27. The van der Waals surface area contributed by atoms with Crippen molar-refractivity contribution in [3.63, 3.8) is 0 Å². The van der Waals surface area contributed by atoms with Crippen LogP contribution in [0.1, 0.15) is 180 Å².